The molecule has 3 unspecified atom stereocenters. The number of Topliss-reactive ketones (excluding diaryl/α,β-unsaturated/α-hetero) is 1. The lowest BCUT2D eigenvalue weighted by atomic mass is 9.76. The van der Waals surface area contributed by atoms with Crippen molar-refractivity contribution in [2.45, 2.75) is 212 Å². The molecule has 2 spiro atoms. The number of hydrogen-bond donors (Lipinski definition) is 4. The molecule has 14 nitrogen and oxygen atoms in total. The molecule has 21 atom stereocenters. The Bertz CT molecular complexity index is 1570. The van der Waals surface area contributed by atoms with Gasteiger partial charge in [0.15, 0.2) is 29.4 Å². The van der Waals surface area contributed by atoms with Gasteiger partial charge in [-0.05, 0) is 64.4 Å². The van der Waals surface area contributed by atoms with Gasteiger partial charge in [0.05, 0.1) is 67.0 Å². The Hall–Kier alpha value is -1.56. The predicted octanol–water partition coefficient (Wildman–Crippen LogP) is 6.15. The van der Waals surface area contributed by atoms with Gasteiger partial charge in [-0.3, -0.25) is 9.59 Å². The fourth-order valence-electron chi connectivity index (χ4n) is 11.8. The fraction of sp³-hybridized carbons (Fsp3) is 0.915. The lowest BCUT2D eigenvalue weighted by Gasteiger charge is -2.54. The Morgan fingerprint density at radius 2 is 1.61 bits per heavy atom. The molecule has 6 aliphatic rings. The second-order valence-electron chi connectivity index (χ2n) is 20.6. The molecular formula is C47H78O14. The van der Waals surface area contributed by atoms with Crippen molar-refractivity contribution in [1.29, 1.82) is 0 Å². The van der Waals surface area contributed by atoms with Crippen molar-refractivity contribution >= 4 is 11.8 Å². The standard InChI is InChI=1S/C47H78O14/c1-24(40(50)25(2)18-28(5)43(51)52)17-26(3)41-31(8)34(49)22-45(59-41)16-15-44(11,61-45)38-21-36(56-39-14-13-35(54-12)33(10)55-39)32(9)47(58-38)30(7)20-37(57-47)42-27(4)19-29(6)46(53,23-48)60-42/h17,25-39,41-42,48-49,53H,13-16,18-23H2,1-12H3,(H,51,52)/b24-17+/t25-,26+,27+,28+,29-,30+,31-,32-,33-,34+,35+,36+,37-,38?,39-,41?,42?,44+,45-,46+,47+/m1/s1. The van der Waals surface area contributed by atoms with Crippen LogP contribution < -0.4 is 0 Å². The number of hydrogen-bond acceptors (Lipinski definition) is 13. The van der Waals surface area contributed by atoms with Crippen molar-refractivity contribution in [3.8, 4) is 0 Å². The van der Waals surface area contributed by atoms with E-state index in [1.54, 1.807) is 27.9 Å². The molecule has 0 aromatic heterocycles. The van der Waals surface area contributed by atoms with Crippen molar-refractivity contribution in [1.82, 2.24) is 0 Å². The molecule has 6 aliphatic heterocycles. The summed E-state index contributed by atoms with van der Waals surface area (Å²) in [6.45, 7) is 20.9. The van der Waals surface area contributed by atoms with Crippen LogP contribution in [0.25, 0.3) is 0 Å². The van der Waals surface area contributed by atoms with Gasteiger partial charge < -0.3 is 58.3 Å². The average Bonchev–Trinajstić information content (AvgIpc) is 3.71. The number of aliphatic hydroxyl groups excluding tert-OH is 2. The third kappa shape index (κ3) is 9.71. The average molecular weight is 867 g/mol. The SMILES string of the molecule is CO[C@H]1CC[C@@H](O[C@H]2CC([C@]3(C)CC[C@]4(C[C@H](O)[C@@H](C)C([C@@H](C)/C=C(\C)C(=O)[C@H](C)C[C@H](C)C(=O)O)O4)O3)O[C@]3(O[C@@H](C4O[C@@](O)(CO)[C@H](C)C[C@@H]4C)C[C@@H]3C)[C@@H]2C)O[C@@H]1C. The summed E-state index contributed by atoms with van der Waals surface area (Å²) in [4.78, 5) is 24.8. The van der Waals surface area contributed by atoms with Crippen LogP contribution in [-0.2, 0) is 47.5 Å². The molecule has 0 saturated carbocycles. The maximum Gasteiger partial charge on any atom is 0.306 e. The quantitative estimate of drug-likeness (QED) is 0.154. The normalized spacial score (nSPS) is 48.6. The molecule has 6 saturated heterocycles. The first-order valence-corrected chi connectivity index (χ1v) is 23.2. The summed E-state index contributed by atoms with van der Waals surface area (Å²) in [6, 6.07) is 0. The van der Waals surface area contributed by atoms with Crippen LogP contribution in [0.15, 0.2) is 11.6 Å². The van der Waals surface area contributed by atoms with Crippen LogP contribution in [0.4, 0.5) is 0 Å². The van der Waals surface area contributed by atoms with Crippen LogP contribution in [0.5, 0.6) is 0 Å². The van der Waals surface area contributed by atoms with E-state index in [0.717, 1.165) is 6.42 Å². The molecule has 0 aliphatic carbocycles. The highest BCUT2D eigenvalue weighted by Crippen LogP contribution is 2.56. The number of carbonyl (C=O) groups excluding carboxylic acids is 1. The number of rotatable bonds is 13. The van der Waals surface area contributed by atoms with E-state index in [0.29, 0.717) is 44.1 Å². The summed E-state index contributed by atoms with van der Waals surface area (Å²) < 4.78 is 53.9. The first kappa shape index (κ1) is 48.9. The molecule has 0 aromatic carbocycles. The van der Waals surface area contributed by atoms with E-state index in [9.17, 15) is 30.0 Å². The number of aliphatic carboxylic acids is 1. The van der Waals surface area contributed by atoms with Crippen LogP contribution in [0.1, 0.15) is 134 Å². The molecule has 14 heteroatoms. The van der Waals surface area contributed by atoms with Crippen LogP contribution in [0, 0.1) is 47.3 Å². The summed E-state index contributed by atoms with van der Waals surface area (Å²) in [7, 11) is 1.70. The zero-order chi connectivity index (χ0) is 45.0. The van der Waals surface area contributed by atoms with E-state index in [4.69, 9.17) is 37.9 Å². The summed E-state index contributed by atoms with van der Waals surface area (Å²) in [5.74, 6) is -7.01. The number of ether oxygens (including phenoxy) is 8. The lowest BCUT2D eigenvalue weighted by Crippen LogP contribution is -2.63. The molecular weight excluding hydrogens is 789 g/mol. The maximum absolute atomic E-state index is 13.4. The van der Waals surface area contributed by atoms with Gasteiger partial charge in [0.2, 0.25) is 0 Å². The molecule has 6 heterocycles. The van der Waals surface area contributed by atoms with Gasteiger partial charge in [0.25, 0.3) is 0 Å². The zero-order valence-corrected chi connectivity index (χ0v) is 38.8. The summed E-state index contributed by atoms with van der Waals surface area (Å²) in [5.41, 5.74) is -0.326. The smallest absolute Gasteiger partial charge is 0.306 e. The van der Waals surface area contributed by atoms with E-state index in [1.165, 1.54) is 0 Å². The van der Waals surface area contributed by atoms with Gasteiger partial charge in [0, 0.05) is 68.3 Å². The number of carboxylic acids is 1. The summed E-state index contributed by atoms with van der Waals surface area (Å²) in [6.07, 6.45) is 3.25. The van der Waals surface area contributed by atoms with Crippen molar-refractivity contribution in [3.05, 3.63) is 11.6 Å². The van der Waals surface area contributed by atoms with Gasteiger partial charge >= 0.3 is 5.97 Å². The monoisotopic (exact) mass is 867 g/mol. The Morgan fingerprint density at radius 1 is 0.902 bits per heavy atom. The minimum atomic E-state index is -1.66. The van der Waals surface area contributed by atoms with Gasteiger partial charge in [-0.25, -0.2) is 0 Å². The van der Waals surface area contributed by atoms with Crippen LogP contribution >= 0.6 is 0 Å². The highest BCUT2D eigenvalue weighted by atomic mass is 16.8. The number of ketones is 1. The first-order chi connectivity index (χ1) is 28.5. The van der Waals surface area contributed by atoms with Crippen LogP contribution in [0.3, 0.4) is 0 Å². The maximum atomic E-state index is 13.4. The van der Waals surface area contributed by atoms with Crippen LogP contribution in [-0.4, -0.2) is 124 Å². The fourth-order valence-corrected chi connectivity index (χ4v) is 11.8. The first-order valence-electron chi connectivity index (χ1n) is 23.2. The highest BCUT2D eigenvalue weighted by molar-refractivity contribution is 5.96. The molecule has 350 valence electrons. The molecule has 0 bridgehead atoms. The Morgan fingerprint density at radius 3 is 2.25 bits per heavy atom. The van der Waals surface area contributed by atoms with E-state index >= 15 is 0 Å². The summed E-state index contributed by atoms with van der Waals surface area (Å²) in [5, 5.41) is 42.5. The lowest BCUT2D eigenvalue weighted by molar-refractivity contribution is -0.390. The van der Waals surface area contributed by atoms with E-state index in [1.807, 2.05) is 33.8 Å². The number of carbonyl (C=O) groups is 2. The topological polar surface area (TPSA) is 189 Å². The van der Waals surface area contributed by atoms with Gasteiger partial charge in [-0.15, -0.1) is 0 Å². The van der Waals surface area contributed by atoms with Crippen molar-refractivity contribution in [3.63, 3.8) is 0 Å². The molecule has 6 fully saturated rings. The molecule has 0 radical (unpaired) electrons. The van der Waals surface area contributed by atoms with Gasteiger partial charge in [0.1, 0.15) is 0 Å². The third-order valence-corrected chi connectivity index (χ3v) is 15.9. The molecule has 0 amide bonds. The van der Waals surface area contributed by atoms with Crippen molar-refractivity contribution in [2.24, 2.45) is 47.3 Å². The zero-order valence-electron chi connectivity index (χ0n) is 38.8. The minimum absolute atomic E-state index is 0.0130. The number of carboxylic acid groups (broad SMARTS) is 1. The largest absolute Gasteiger partial charge is 0.481 e. The Labute approximate surface area is 363 Å². The molecule has 0 aromatic rings. The minimum Gasteiger partial charge on any atom is -0.481 e. The van der Waals surface area contributed by atoms with E-state index in [2.05, 4.69) is 27.7 Å². The second kappa shape index (κ2) is 18.7. The number of methoxy groups -OCH3 is 1. The molecule has 6 rings (SSSR count). The number of aliphatic hydroxyl groups is 3. The van der Waals surface area contributed by atoms with Crippen molar-refractivity contribution < 1.29 is 67.9 Å². The summed E-state index contributed by atoms with van der Waals surface area (Å²) >= 11 is 0. The Kier molecular flexibility index (Phi) is 15.0. The van der Waals surface area contributed by atoms with Gasteiger partial charge in [-0.2, -0.15) is 0 Å². The highest BCUT2D eigenvalue weighted by Gasteiger charge is 2.65. The van der Waals surface area contributed by atoms with Gasteiger partial charge in [-0.1, -0.05) is 61.5 Å². The number of allylic oxidation sites excluding steroid dienone is 1. The van der Waals surface area contributed by atoms with E-state index in [-0.39, 0.29) is 72.4 Å². The van der Waals surface area contributed by atoms with Crippen LogP contribution in [0.2, 0.25) is 0 Å². The van der Waals surface area contributed by atoms with E-state index < -0.39 is 84.2 Å². The third-order valence-electron chi connectivity index (χ3n) is 15.9. The van der Waals surface area contributed by atoms with Crippen molar-refractivity contribution in [2.75, 3.05) is 13.7 Å². The molecule has 61 heavy (non-hydrogen) atoms. The Balaban J connectivity index is 1.24. The molecule has 4 N–H and O–H groups in total. The predicted molar refractivity (Wildman–Crippen MR) is 224 cm³/mol. The second-order valence-corrected chi connectivity index (χ2v) is 20.6.